The van der Waals surface area contributed by atoms with E-state index >= 15 is 0 Å². The van der Waals surface area contributed by atoms with Crippen LogP contribution in [0.4, 0.5) is 0 Å². The number of ether oxygens (including phenoxy) is 4. The fourth-order valence-electron chi connectivity index (χ4n) is 2.11. The molecule has 0 unspecified atom stereocenters. The minimum Gasteiger partial charge on any atom is -0.469 e. The van der Waals surface area contributed by atoms with Crippen molar-refractivity contribution >= 4 is 46.6 Å². The molecule has 12 heteroatoms. The molecule has 0 aromatic rings. The highest BCUT2D eigenvalue weighted by molar-refractivity contribution is 6.80. The number of amides is 1. The van der Waals surface area contributed by atoms with Crippen molar-refractivity contribution in [1.82, 2.24) is 4.90 Å². The number of likely N-dealkylation sites (tertiary alicyclic amines) is 1. The molecule has 1 atom stereocenters. The van der Waals surface area contributed by atoms with E-state index in [0.717, 1.165) is 32.0 Å². The van der Waals surface area contributed by atoms with Crippen molar-refractivity contribution in [1.29, 1.82) is 0 Å². The SMILES string of the molecule is COC(=O)C(=O)Cl.COC(=O)C(=O)N1CC[C@H]1C(=O)OC.COC(=O)C1CCC1. The first-order chi connectivity index (χ1) is 13.6. The lowest BCUT2D eigenvalue weighted by Crippen LogP contribution is -2.57. The molecule has 1 saturated carbocycles. The van der Waals surface area contributed by atoms with Gasteiger partial charge in [-0.1, -0.05) is 6.42 Å². The van der Waals surface area contributed by atoms with Gasteiger partial charge in [-0.3, -0.25) is 14.4 Å². The van der Waals surface area contributed by atoms with Gasteiger partial charge in [0.25, 0.3) is 0 Å². The predicted octanol–water partition coefficient (Wildman–Crippen LogP) is -0.182. The molecular weight excluding hydrogens is 414 g/mol. The molecule has 2 fully saturated rings. The third kappa shape index (κ3) is 8.46. The Morgan fingerprint density at radius 1 is 0.759 bits per heavy atom. The Morgan fingerprint density at radius 2 is 1.28 bits per heavy atom. The first-order valence-electron chi connectivity index (χ1n) is 8.46. The van der Waals surface area contributed by atoms with Gasteiger partial charge in [0.05, 0.1) is 34.4 Å². The van der Waals surface area contributed by atoms with Gasteiger partial charge < -0.3 is 23.8 Å². The minimum absolute atomic E-state index is 0.0312. The van der Waals surface area contributed by atoms with E-state index in [2.05, 4.69) is 30.5 Å². The summed E-state index contributed by atoms with van der Waals surface area (Å²) in [6, 6.07) is -0.633. The summed E-state index contributed by atoms with van der Waals surface area (Å²) < 4.78 is 17.1. The fourth-order valence-corrected chi connectivity index (χ4v) is 2.18. The van der Waals surface area contributed by atoms with Crippen molar-refractivity contribution in [3.8, 4) is 0 Å². The van der Waals surface area contributed by atoms with Crippen LogP contribution in [0.1, 0.15) is 25.7 Å². The maximum Gasteiger partial charge on any atom is 0.396 e. The van der Waals surface area contributed by atoms with E-state index in [9.17, 15) is 28.8 Å². The lowest BCUT2D eigenvalue weighted by Gasteiger charge is -2.37. The van der Waals surface area contributed by atoms with Gasteiger partial charge in [0.15, 0.2) is 0 Å². The second-order valence-corrected chi connectivity index (χ2v) is 6.08. The Morgan fingerprint density at radius 3 is 1.48 bits per heavy atom. The van der Waals surface area contributed by atoms with Crippen molar-refractivity contribution in [2.75, 3.05) is 35.0 Å². The third-order valence-corrected chi connectivity index (χ3v) is 4.25. The maximum atomic E-state index is 11.2. The summed E-state index contributed by atoms with van der Waals surface area (Å²) in [7, 11) is 4.89. The minimum atomic E-state index is -1.09. The van der Waals surface area contributed by atoms with E-state index in [-0.39, 0.29) is 11.9 Å². The van der Waals surface area contributed by atoms with Gasteiger partial charge in [-0.2, -0.15) is 0 Å². The molecule has 1 aliphatic carbocycles. The summed E-state index contributed by atoms with van der Waals surface area (Å²) >= 11 is 4.61. The summed E-state index contributed by atoms with van der Waals surface area (Å²) in [5, 5.41) is -1.09. The van der Waals surface area contributed by atoms with Crippen molar-refractivity contribution in [2.24, 2.45) is 5.92 Å². The molecular formula is C17H24ClNO10. The lowest BCUT2D eigenvalue weighted by atomic mass is 9.86. The first kappa shape index (κ1) is 26.3. The quantitative estimate of drug-likeness (QED) is 0.252. The topological polar surface area (TPSA) is 143 Å². The number of halogens is 1. The molecule has 0 aromatic carbocycles. The van der Waals surface area contributed by atoms with Gasteiger partial charge >= 0.3 is 35.0 Å². The number of esters is 4. The Labute approximate surface area is 172 Å². The van der Waals surface area contributed by atoms with E-state index in [1.807, 2.05) is 0 Å². The average Bonchev–Trinajstić information content (AvgIpc) is 2.64. The number of carbonyl (C=O) groups excluding carboxylic acids is 6. The van der Waals surface area contributed by atoms with Crippen LogP contribution in [-0.4, -0.2) is 81.0 Å². The van der Waals surface area contributed by atoms with Gasteiger partial charge in [0.2, 0.25) is 0 Å². The first-order valence-corrected chi connectivity index (χ1v) is 8.84. The Balaban J connectivity index is 0.000000444. The van der Waals surface area contributed by atoms with E-state index in [1.165, 1.54) is 20.6 Å². The molecule has 11 nitrogen and oxygen atoms in total. The monoisotopic (exact) mass is 437 g/mol. The molecule has 0 spiro atoms. The Hall–Kier alpha value is -2.69. The zero-order valence-electron chi connectivity index (χ0n) is 16.6. The van der Waals surface area contributed by atoms with Crippen LogP contribution in [0.3, 0.4) is 0 Å². The van der Waals surface area contributed by atoms with Crippen LogP contribution >= 0.6 is 11.6 Å². The molecule has 1 amide bonds. The lowest BCUT2D eigenvalue weighted by molar-refractivity contribution is -0.168. The summed E-state index contributed by atoms with van der Waals surface area (Å²) in [5.74, 6) is -3.08. The van der Waals surface area contributed by atoms with Crippen molar-refractivity contribution in [3.05, 3.63) is 0 Å². The third-order valence-electron chi connectivity index (χ3n) is 4.10. The average molecular weight is 438 g/mol. The summed E-state index contributed by atoms with van der Waals surface area (Å²) in [6.07, 6.45) is 3.79. The normalized spacial score (nSPS) is 16.7. The van der Waals surface area contributed by atoms with E-state index < -0.39 is 35.1 Å². The Bertz CT molecular complexity index is 632. The van der Waals surface area contributed by atoms with Crippen LogP contribution < -0.4 is 0 Å². The summed E-state index contributed by atoms with van der Waals surface area (Å²) in [6.45, 7) is 0.383. The second-order valence-electron chi connectivity index (χ2n) is 5.73. The molecule has 0 aromatic heterocycles. The highest BCUT2D eigenvalue weighted by Gasteiger charge is 2.41. The number of rotatable bonds is 3. The van der Waals surface area contributed by atoms with Gasteiger partial charge in [-0.05, 0) is 30.9 Å². The highest BCUT2D eigenvalue weighted by atomic mass is 35.5. The zero-order valence-corrected chi connectivity index (χ0v) is 17.4. The van der Waals surface area contributed by atoms with Gasteiger partial charge in [-0.25, -0.2) is 14.4 Å². The maximum absolute atomic E-state index is 11.2. The van der Waals surface area contributed by atoms with Crippen molar-refractivity contribution < 1.29 is 47.7 Å². The standard InChI is InChI=1S/C8H11NO5.C6H10O2.C3H3ClO3/c1-13-7(11)5-3-4-9(5)6(10)8(12)14-2;1-8-6(7)5-3-2-4-5;1-7-3(6)2(4)5/h5H,3-4H2,1-2H3;5H,2-4H2,1H3;1H3/t5-;;/m0../s1. The molecule has 0 N–H and O–H groups in total. The van der Waals surface area contributed by atoms with Gasteiger partial charge in [0.1, 0.15) is 6.04 Å². The van der Waals surface area contributed by atoms with Crippen molar-refractivity contribution in [2.45, 2.75) is 31.7 Å². The molecule has 0 bridgehead atoms. The Kier molecular flexibility index (Phi) is 12.2. The molecule has 1 aliphatic heterocycles. The summed E-state index contributed by atoms with van der Waals surface area (Å²) in [5.41, 5.74) is 0. The van der Waals surface area contributed by atoms with Crippen LogP contribution in [0.2, 0.25) is 0 Å². The smallest absolute Gasteiger partial charge is 0.396 e. The van der Waals surface area contributed by atoms with Gasteiger partial charge in [-0.15, -0.1) is 0 Å². The molecule has 29 heavy (non-hydrogen) atoms. The molecule has 164 valence electrons. The largest absolute Gasteiger partial charge is 0.469 e. The summed E-state index contributed by atoms with van der Waals surface area (Å²) in [4.78, 5) is 64.3. The number of nitrogens with zero attached hydrogens (tertiary/aromatic N) is 1. The predicted molar refractivity (Wildman–Crippen MR) is 96.4 cm³/mol. The number of carbonyl (C=O) groups is 6. The number of hydrogen-bond donors (Lipinski definition) is 0. The van der Waals surface area contributed by atoms with Gasteiger partial charge in [0, 0.05) is 6.54 Å². The van der Waals surface area contributed by atoms with Crippen LogP contribution in [-0.2, 0) is 47.7 Å². The van der Waals surface area contributed by atoms with Crippen LogP contribution in [0.5, 0.6) is 0 Å². The fraction of sp³-hybridized carbons (Fsp3) is 0.647. The number of hydrogen-bond acceptors (Lipinski definition) is 10. The molecule has 1 heterocycles. The molecule has 0 radical (unpaired) electrons. The number of methoxy groups -OCH3 is 4. The van der Waals surface area contributed by atoms with Crippen molar-refractivity contribution in [3.63, 3.8) is 0 Å². The van der Waals surface area contributed by atoms with E-state index in [0.29, 0.717) is 13.0 Å². The second kappa shape index (κ2) is 13.5. The van der Waals surface area contributed by atoms with E-state index in [1.54, 1.807) is 0 Å². The zero-order chi connectivity index (χ0) is 22.6. The van der Waals surface area contributed by atoms with Crippen LogP contribution in [0.25, 0.3) is 0 Å². The molecule has 2 aliphatic rings. The van der Waals surface area contributed by atoms with Crippen LogP contribution in [0, 0.1) is 5.92 Å². The molecule has 1 saturated heterocycles. The molecule has 2 rings (SSSR count). The van der Waals surface area contributed by atoms with E-state index in [4.69, 9.17) is 0 Å². The van der Waals surface area contributed by atoms with Crippen LogP contribution in [0.15, 0.2) is 0 Å². The highest BCUT2D eigenvalue weighted by Crippen LogP contribution is 2.26.